The summed E-state index contributed by atoms with van der Waals surface area (Å²) in [7, 11) is 0. The highest BCUT2D eigenvalue weighted by Crippen LogP contribution is 2.30. The zero-order valence-electron chi connectivity index (χ0n) is 15.7. The maximum absolute atomic E-state index is 14.2. The standard InChI is InChI=1S/C20H16F4N4O2/c1-10-25-15-7-17(29)28(8-11-5-12(21)6-11)9-14(15)20(26-10)27-30-16-4-2-3-13(18(16)22)19(23)24/h2-4,7-9,12,19H,5-6H2,1H3,(H,25,26,27). The lowest BCUT2D eigenvalue weighted by Crippen LogP contribution is -2.20. The van der Waals surface area contributed by atoms with Crippen LogP contribution in [-0.4, -0.2) is 20.7 Å². The summed E-state index contributed by atoms with van der Waals surface area (Å²) in [5.41, 5.74) is 2.40. The molecule has 30 heavy (non-hydrogen) atoms. The molecule has 3 aromatic rings. The lowest BCUT2D eigenvalue weighted by Gasteiger charge is -2.21. The van der Waals surface area contributed by atoms with E-state index in [1.54, 1.807) is 13.1 Å². The number of anilines is 1. The van der Waals surface area contributed by atoms with Crippen molar-refractivity contribution < 1.29 is 22.4 Å². The number of alkyl halides is 3. The molecule has 1 N–H and O–H groups in total. The number of fused-ring (bicyclic) bond motifs is 1. The van der Waals surface area contributed by atoms with Gasteiger partial charge in [0.05, 0.1) is 16.5 Å². The monoisotopic (exact) mass is 420 g/mol. The van der Waals surface area contributed by atoms with Gasteiger partial charge in [0.2, 0.25) is 0 Å². The predicted octanol–water partition coefficient (Wildman–Crippen LogP) is 4.56. The number of pyridine rings is 1. The first-order valence-corrected chi connectivity index (χ1v) is 9.05. The molecule has 10 heteroatoms. The van der Waals surface area contributed by atoms with Crippen LogP contribution in [0.2, 0.25) is 0 Å². The number of aromatic nitrogens is 3. The zero-order chi connectivity index (χ0) is 21.4. The van der Waals surface area contributed by atoms with Crippen molar-refractivity contribution in [2.24, 2.45) is 0 Å². The summed E-state index contributed by atoms with van der Waals surface area (Å²) in [4.78, 5) is 25.9. The Labute approximate surface area is 167 Å². The molecule has 2 heterocycles. The first-order valence-electron chi connectivity index (χ1n) is 9.05. The van der Waals surface area contributed by atoms with Crippen LogP contribution < -0.4 is 15.9 Å². The molecule has 0 spiro atoms. The molecule has 0 saturated heterocycles. The molecular weight excluding hydrogens is 404 g/mol. The molecule has 1 saturated carbocycles. The molecule has 6 nitrogen and oxygen atoms in total. The fourth-order valence-corrected chi connectivity index (χ4v) is 3.10. The van der Waals surface area contributed by atoms with Crippen molar-refractivity contribution in [3.63, 3.8) is 0 Å². The van der Waals surface area contributed by atoms with Crippen LogP contribution in [0.15, 0.2) is 40.8 Å². The molecule has 1 fully saturated rings. The minimum atomic E-state index is -2.99. The summed E-state index contributed by atoms with van der Waals surface area (Å²) < 4.78 is 54.3. The zero-order valence-corrected chi connectivity index (χ0v) is 15.7. The van der Waals surface area contributed by atoms with E-state index in [0.717, 1.165) is 11.6 Å². The van der Waals surface area contributed by atoms with Crippen molar-refractivity contribution >= 4 is 22.9 Å². The van der Waals surface area contributed by atoms with E-state index in [4.69, 9.17) is 4.84 Å². The highest BCUT2D eigenvalue weighted by atomic mass is 19.3. The van der Waals surface area contributed by atoms with Crippen molar-refractivity contribution in [3.05, 3.63) is 63.6 Å². The molecule has 1 aliphatic carbocycles. The second-order valence-electron chi connectivity index (χ2n) is 6.89. The Kier molecular flexibility index (Phi) is 5.15. The van der Waals surface area contributed by atoms with Gasteiger partial charge in [0.15, 0.2) is 17.4 Å². The Balaban J connectivity index is 1.69. The Morgan fingerprint density at radius 1 is 1.30 bits per heavy atom. The SMILES string of the molecule is Cc1nc(NOc2cccc(C(F)F)c2F)c2cn(C=C3CC(F)C3)c(=O)cc2n1. The molecule has 4 rings (SSSR count). The van der Waals surface area contributed by atoms with E-state index >= 15 is 0 Å². The Hall–Kier alpha value is -3.43. The van der Waals surface area contributed by atoms with Gasteiger partial charge in [-0.05, 0) is 18.6 Å². The van der Waals surface area contributed by atoms with E-state index in [-0.39, 0.29) is 24.2 Å². The highest BCUT2D eigenvalue weighted by Gasteiger charge is 2.22. The lowest BCUT2D eigenvalue weighted by molar-refractivity contribution is 0.145. The Bertz CT molecular complexity index is 1200. The molecule has 0 atom stereocenters. The van der Waals surface area contributed by atoms with Crippen LogP contribution in [0.25, 0.3) is 17.1 Å². The van der Waals surface area contributed by atoms with Crippen molar-refractivity contribution in [1.29, 1.82) is 0 Å². The summed E-state index contributed by atoms with van der Waals surface area (Å²) >= 11 is 0. The Morgan fingerprint density at radius 2 is 2.07 bits per heavy atom. The van der Waals surface area contributed by atoms with E-state index in [9.17, 15) is 22.4 Å². The second kappa shape index (κ2) is 7.77. The Morgan fingerprint density at radius 3 is 2.77 bits per heavy atom. The van der Waals surface area contributed by atoms with Gasteiger partial charge in [0.25, 0.3) is 12.0 Å². The van der Waals surface area contributed by atoms with Gasteiger partial charge in [-0.2, -0.15) is 0 Å². The number of allylic oxidation sites excluding steroid dienone is 1. The van der Waals surface area contributed by atoms with E-state index in [0.29, 0.717) is 16.7 Å². The molecule has 1 aromatic carbocycles. The first-order chi connectivity index (χ1) is 14.3. The van der Waals surface area contributed by atoms with Crippen molar-refractivity contribution in [2.45, 2.75) is 32.4 Å². The van der Waals surface area contributed by atoms with Crippen molar-refractivity contribution in [3.8, 4) is 5.75 Å². The quantitative estimate of drug-likeness (QED) is 0.484. The highest BCUT2D eigenvalue weighted by molar-refractivity contribution is 5.88. The first kappa shape index (κ1) is 19.9. The number of hydrogen-bond donors (Lipinski definition) is 1. The second-order valence-corrected chi connectivity index (χ2v) is 6.89. The largest absolute Gasteiger partial charge is 0.378 e. The number of rotatable bonds is 5. The third-order valence-corrected chi connectivity index (χ3v) is 4.64. The van der Waals surface area contributed by atoms with Crippen LogP contribution in [0.4, 0.5) is 23.4 Å². The summed E-state index contributed by atoms with van der Waals surface area (Å²) in [6.07, 6.45) is -0.357. The topological polar surface area (TPSA) is 69.0 Å². The smallest absolute Gasteiger partial charge is 0.266 e. The van der Waals surface area contributed by atoms with E-state index in [1.807, 2.05) is 0 Å². The minimum absolute atomic E-state index is 0.114. The normalized spacial score (nSPS) is 15.9. The molecule has 0 aliphatic heterocycles. The van der Waals surface area contributed by atoms with E-state index in [1.165, 1.54) is 29.0 Å². The van der Waals surface area contributed by atoms with Gasteiger partial charge in [0, 0.05) is 31.3 Å². The molecule has 0 unspecified atom stereocenters. The van der Waals surface area contributed by atoms with Gasteiger partial charge in [-0.1, -0.05) is 12.1 Å². The summed E-state index contributed by atoms with van der Waals surface area (Å²) in [5, 5.41) is 0.374. The number of halogens is 4. The lowest BCUT2D eigenvalue weighted by atomic mass is 9.91. The van der Waals surface area contributed by atoms with Gasteiger partial charge in [-0.25, -0.2) is 33.0 Å². The van der Waals surface area contributed by atoms with Crippen LogP contribution in [0.1, 0.15) is 30.7 Å². The van der Waals surface area contributed by atoms with Gasteiger partial charge in [-0.15, -0.1) is 0 Å². The van der Waals surface area contributed by atoms with Crippen LogP contribution in [-0.2, 0) is 0 Å². The fraction of sp³-hybridized carbons (Fsp3) is 0.250. The average molecular weight is 420 g/mol. The van der Waals surface area contributed by atoms with Crippen molar-refractivity contribution in [2.75, 3.05) is 5.48 Å². The number of aryl methyl sites for hydroxylation is 1. The van der Waals surface area contributed by atoms with Gasteiger partial charge < -0.3 is 4.84 Å². The van der Waals surface area contributed by atoms with Crippen LogP contribution in [0.3, 0.4) is 0 Å². The summed E-state index contributed by atoms with van der Waals surface area (Å²) in [5.74, 6) is -1.20. The third-order valence-electron chi connectivity index (χ3n) is 4.64. The van der Waals surface area contributed by atoms with Crippen LogP contribution in [0, 0.1) is 12.7 Å². The van der Waals surface area contributed by atoms with E-state index in [2.05, 4.69) is 15.4 Å². The van der Waals surface area contributed by atoms with Crippen molar-refractivity contribution in [1.82, 2.24) is 14.5 Å². The van der Waals surface area contributed by atoms with Crippen LogP contribution in [0.5, 0.6) is 5.75 Å². The average Bonchev–Trinajstić information content (AvgIpc) is 2.66. The van der Waals surface area contributed by atoms with E-state index < -0.39 is 29.7 Å². The molecular formula is C20H16F4N4O2. The molecule has 156 valence electrons. The van der Waals surface area contributed by atoms with Gasteiger partial charge in [0.1, 0.15) is 12.0 Å². The molecule has 0 radical (unpaired) electrons. The van der Waals surface area contributed by atoms with Crippen LogP contribution >= 0.6 is 0 Å². The predicted molar refractivity (Wildman–Crippen MR) is 103 cm³/mol. The molecule has 0 bridgehead atoms. The van der Waals surface area contributed by atoms with Gasteiger partial charge >= 0.3 is 0 Å². The molecule has 0 amide bonds. The number of nitrogens with zero attached hydrogens (tertiary/aromatic N) is 3. The number of benzene rings is 1. The molecule has 2 aromatic heterocycles. The summed E-state index contributed by atoms with van der Waals surface area (Å²) in [6, 6.07) is 4.68. The number of hydrogen-bond acceptors (Lipinski definition) is 5. The maximum atomic E-state index is 14.2. The summed E-state index contributed by atoms with van der Waals surface area (Å²) in [6.45, 7) is 1.59. The molecule has 1 aliphatic rings. The maximum Gasteiger partial charge on any atom is 0.266 e. The number of nitrogens with one attached hydrogen (secondary N) is 1. The third kappa shape index (κ3) is 3.85. The minimum Gasteiger partial charge on any atom is -0.378 e. The van der Waals surface area contributed by atoms with Gasteiger partial charge in [-0.3, -0.25) is 9.36 Å². The fourth-order valence-electron chi connectivity index (χ4n) is 3.10.